The molecule has 200 valence electrons. The van der Waals surface area contributed by atoms with E-state index in [2.05, 4.69) is 23.7 Å². The van der Waals surface area contributed by atoms with Crippen molar-refractivity contribution in [3.8, 4) is 5.75 Å². The Morgan fingerprint density at radius 3 is 2.49 bits per heavy atom. The molecule has 9 nitrogen and oxygen atoms in total. The molecule has 2 aromatic rings. The minimum absolute atomic E-state index is 0.0123. The van der Waals surface area contributed by atoms with E-state index in [1.54, 1.807) is 46.1 Å². The number of aliphatic hydroxyl groups is 1. The minimum atomic E-state index is -0.799. The highest BCUT2D eigenvalue weighted by Crippen LogP contribution is 2.41. The van der Waals surface area contributed by atoms with Gasteiger partial charge in [0.05, 0.1) is 25.3 Å². The predicted molar refractivity (Wildman–Crippen MR) is 141 cm³/mol. The Hall–Kier alpha value is -3.59. The molecule has 1 amide bonds. The Morgan fingerprint density at radius 2 is 1.86 bits per heavy atom. The Bertz CT molecular complexity index is 1190. The molecule has 0 saturated carbocycles. The van der Waals surface area contributed by atoms with Crippen molar-refractivity contribution in [2.75, 3.05) is 39.9 Å². The molecule has 1 aromatic carbocycles. The number of carbonyl (C=O) groups excluding carboxylic acids is 3. The van der Waals surface area contributed by atoms with Gasteiger partial charge < -0.3 is 29.4 Å². The molecular weight excluding hydrogens is 474 g/mol. The molecule has 1 unspecified atom stereocenters. The number of carbonyl (C=O) groups is 3. The number of benzene rings is 1. The van der Waals surface area contributed by atoms with Crippen molar-refractivity contribution < 1.29 is 29.0 Å². The Morgan fingerprint density at radius 1 is 1.16 bits per heavy atom. The second-order valence-electron chi connectivity index (χ2n) is 9.00. The van der Waals surface area contributed by atoms with Crippen LogP contribution in [-0.4, -0.2) is 77.4 Å². The number of aryl methyl sites for hydroxylation is 1. The van der Waals surface area contributed by atoms with Crippen molar-refractivity contribution in [1.29, 1.82) is 0 Å². The van der Waals surface area contributed by atoms with E-state index in [0.29, 0.717) is 41.1 Å². The Kier molecular flexibility index (Phi) is 9.15. The summed E-state index contributed by atoms with van der Waals surface area (Å²) < 4.78 is 10.5. The number of aromatic amines is 1. The number of ketones is 1. The summed E-state index contributed by atoms with van der Waals surface area (Å²) in [6.45, 7) is 12.4. The fourth-order valence-electron chi connectivity index (χ4n) is 4.92. The summed E-state index contributed by atoms with van der Waals surface area (Å²) in [5, 5.41) is 11.5. The second-order valence-corrected chi connectivity index (χ2v) is 9.00. The molecule has 1 aromatic heterocycles. The summed E-state index contributed by atoms with van der Waals surface area (Å²) in [4.78, 5) is 45.8. The van der Waals surface area contributed by atoms with Gasteiger partial charge in [-0.2, -0.15) is 0 Å². The molecule has 3 rings (SSSR count). The highest BCUT2D eigenvalue weighted by molar-refractivity contribution is 6.46. The van der Waals surface area contributed by atoms with Crippen molar-refractivity contribution in [2.45, 2.75) is 47.1 Å². The molecule has 0 bridgehead atoms. The fourth-order valence-corrected chi connectivity index (χ4v) is 4.92. The number of ether oxygens (including phenoxy) is 2. The number of aliphatic hydroxyl groups excluding tert-OH is 1. The molecule has 0 aliphatic carbocycles. The Labute approximate surface area is 218 Å². The predicted octanol–water partition coefficient (Wildman–Crippen LogP) is 3.97. The number of aromatic nitrogens is 1. The van der Waals surface area contributed by atoms with Crippen LogP contribution in [0.25, 0.3) is 5.76 Å². The summed E-state index contributed by atoms with van der Waals surface area (Å²) in [7, 11) is 1.55. The lowest BCUT2D eigenvalue weighted by atomic mass is 9.94. The molecule has 1 fully saturated rings. The van der Waals surface area contributed by atoms with E-state index in [-0.39, 0.29) is 23.6 Å². The Balaban J connectivity index is 2.13. The zero-order valence-corrected chi connectivity index (χ0v) is 22.5. The van der Waals surface area contributed by atoms with Crippen molar-refractivity contribution in [2.24, 2.45) is 0 Å². The van der Waals surface area contributed by atoms with Crippen molar-refractivity contribution in [3.63, 3.8) is 0 Å². The van der Waals surface area contributed by atoms with E-state index in [4.69, 9.17) is 9.47 Å². The largest absolute Gasteiger partial charge is 0.507 e. The summed E-state index contributed by atoms with van der Waals surface area (Å²) in [5.41, 5.74) is 2.10. The first kappa shape index (κ1) is 28.0. The summed E-state index contributed by atoms with van der Waals surface area (Å²) in [6, 6.07) is 6.34. The van der Waals surface area contributed by atoms with Gasteiger partial charge in [-0.25, -0.2) is 4.79 Å². The number of rotatable bonds is 11. The summed E-state index contributed by atoms with van der Waals surface area (Å²) in [6.07, 6.45) is 0.671. The summed E-state index contributed by atoms with van der Waals surface area (Å²) in [5.74, 6) is -1.72. The highest BCUT2D eigenvalue weighted by atomic mass is 16.5. The zero-order valence-electron chi connectivity index (χ0n) is 22.5. The van der Waals surface area contributed by atoms with Gasteiger partial charge in [0.1, 0.15) is 17.2 Å². The van der Waals surface area contributed by atoms with Gasteiger partial charge in [-0.15, -0.1) is 0 Å². The van der Waals surface area contributed by atoms with Gasteiger partial charge in [0.2, 0.25) is 0 Å². The fraction of sp³-hybridized carbons (Fsp3) is 0.464. The quantitative estimate of drug-likeness (QED) is 0.203. The lowest BCUT2D eigenvalue weighted by Crippen LogP contribution is -2.33. The smallest absolute Gasteiger partial charge is 0.355 e. The number of Topliss-reactive ketones (excluding diaryl/α,β-unsaturated/α-hetero) is 1. The molecule has 0 spiro atoms. The number of methoxy groups -OCH3 is 1. The van der Waals surface area contributed by atoms with Crippen LogP contribution in [-0.2, 0) is 14.3 Å². The van der Waals surface area contributed by atoms with Gasteiger partial charge in [-0.1, -0.05) is 26.0 Å². The monoisotopic (exact) mass is 511 g/mol. The minimum Gasteiger partial charge on any atom is -0.507 e. The first-order valence-electron chi connectivity index (χ1n) is 12.7. The van der Waals surface area contributed by atoms with Crippen LogP contribution in [0.3, 0.4) is 0 Å². The van der Waals surface area contributed by atoms with Crippen LogP contribution in [0.4, 0.5) is 0 Å². The number of nitrogens with zero attached hydrogens (tertiary/aromatic N) is 2. The van der Waals surface area contributed by atoms with Gasteiger partial charge in [0.15, 0.2) is 0 Å². The van der Waals surface area contributed by atoms with E-state index in [0.717, 1.165) is 19.6 Å². The van der Waals surface area contributed by atoms with Gasteiger partial charge in [-0.3, -0.25) is 9.59 Å². The zero-order chi connectivity index (χ0) is 27.3. The average Bonchev–Trinajstić information content (AvgIpc) is 3.33. The molecule has 1 atom stereocenters. The van der Waals surface area contributed by atoms with Crippen molar-refractivity contribution >= 4 is 23.4 Å². The molecule has 1 aliphatic heterocycles. The van der Waals surface area contributed by atoms with E-state index in [1.165, 1.54) is 4.90 Å². The molecular formula is C28H37N3O6. The molecule has 1 saturated heterocycles. The number of hydrogen-bond acceptors (Lipinski definition) is 7. The first-order valence-corrected chi connectivity index (χ1v) is 12.7. The normalized spacial score (nSPS) is 17.1. The van der Waals surface area contributed by atoms with E-state index >= 15 is 0 Å². The number of nitrogens with one attached hydrogen (secondary N) is 1. The summed E-state index contributed by atoms with van der Waals surface area (Å²) >= 11 is 0. The van der Waals surface area contributed by atoms with Crippen LogP contribution in [0.2, 0.25) is 0 Å². The standard InChI is InChI=1S/C28H37N3O6/c1-7-30(8-2)14-11-15-31-24(19-12-10-13-20(16-19)36-6)22(26(33)27(31)34)25(32)21-17(4)23(29-18(21)5)28(35)37-9-3/h10,12-13,16,24,29,32H,7-9,11,14-15H2,1-6H3/b25-22+. The number of likely N-dealkylation sites (tertiary alicyclic amines) is 1. The number of esters is 1. The molecule has 2 N–H and O–H groups in total. The van der Waals surface area contributed by atoms with Crippen molar-refractivity contribution in [3.05, 3.63) is 57.9 Å². The number of H-pyrrole nitrogens is 1. The average molecular weight is 512 g/mol. The maximum Gasteiger partial charge on any atom is 0.355 e. The molecule has 0 radical (unpaired) electrons. The first-order chi connectivity index (χ1) is 17.7. The topological polar surface area (TPSA) is 112 Å². The van der Waals surface area contributed by atoms with E-state index in [1.807, 2.05) is 6.07 Å². The molecule has 2 heterocycles. The van der Waals surface area contributed by atoms with Crippen LogP contribution >= 0.6 is 0 Å². The highest BCUT2D eigenvalue weighted by Gasteiger charge is 2.46. The van der Waals surface area contributed by atoms with Crippen LogP contribution in [0, 0.1) is 13.8 Å². The van der Waals surface area contributed by atoms with E-state index < -0.39 is 23.7 Å². The number of hydrogen-bond donors (Lipinski definition) is 2. The third kappa shape index (κ3) is 5.56. The van der Waals surface area contributed by atoms with Crippen LogP contribution in [0.1, 0.15) is 66.1 Å². The van der Waals surface area contributed by atoms with Crippen LogP contribution < -0.4 is 4.74 Å². The van der Waals surface area contributed by atoms with Crippen molar-refractivity contribution in [1.82, 2.24) is 14.8 Å². The second kappa shape index (κ2) is 12.1. The van der Waals surface area contributed by atoms with Gasteiger partial charge >= 0.3 is 5.97 Å². The molecule has 1 aliphatic rings. The lowest BCUT2D eigenvalue weighted by Gasteiger charge is -2.27. The third-order valence-electron chi connectivity index (χ3n) is 6.87. The number of amides is 1. The van der Waals surface area contributed by atoms with Gasteiger partial charge in [0.25, 0.3) is 11.7 Å². The van der Waals surface area contributed by atoms with Crippen LogP contribution in [0.15, 0.2) is 29.8 Å². The molecule has 9 heteroatoms. The van der Waals surface area contributed by atoms with Gasteiger partial charge in [0, 0.05) is 17.8 Å². The van der Waals surface area contributed by atoms with Crippen LogP contribution in [0.5, 0.6) is 5.75 Å². The third-order valence-corrected chi connectivity index (χ3v) is 6.87. The van der Waals surface area contributed by atoms with E-state index in [9.17, 15) is 19.5 Å². The maximum atomic E-state index is 13.4. The lowest BCUT2D eigenvalue weighted by molar-refractivity contribution is -0.140. The molecule has 37 heavy (non-hydrogen) atoms. The SMILES string of the molecule is CCOC(=O)c1[nH]c(C)c(/C(O)=C2\C(=O)C(=O)N(CCCN(CC)CC)C2c2cccc(OC)c2)c1C. The van der Waals surface area contributed by atoms with Gasteiger partial charge in [-0.05, 0) is 70.1 Å². The maximum absolute atomic E-state index is 13.4.